The fourth-order valence-electron chi connectivity index (χ4n) is 3.17. The molecule has 0 fully saturated rings. The normalized spacial score (nSPS) is 15.2. The van der Waals surface area contributed by atoms with Crippen molar-refractivity contribution in [3.63, 3.8) is 0 Å². The molecule has 0 bridgehead atoms. The van der Waals surface area contributed by atoms with Gasteiger partial charge in [0.15, 0.2) is 15.7 Å². The summed E-state index contributed by atoms with van der Waals surface area (Å²) in [4.78, 5) is 3.61. The molecular formula is C20H14F3N3O4S2. The first-order chi connectivity index (χ1) is 14.9. The van der Waals surface area contributed by atoms with E-state index in [1.165, 1.54) is 42.6 Å². The number of rotatable bonds is 3. The summed E-state index contributed by atoms with van der Waals surface area (Å²) in [5.41, 5.74) is -0.844. The first-order valence-electron chi connectivity index (χ1n) is 8.95. The summed E-state index contributed by atoms with van der Waals surface area (Å²) in [6.07, 6.45) is -2.42. The smallest absolute Gasteiger partial charge is 0.339 e. The van der Waals surface area contributed by atoms with E-state index >= 15 is 0 Å². The Kier molecular flexibility index (Phi) is 5.09. The summed E-state index contributed by atoms with van der Waals surface area (Å²) >= 11 is 0. The van der Waals surface area contributed by atoms with Gasteiger partial charge in [-0.1, -0.05) is 6.07 Å². The van der Waals surface area contributed by atoms with E-state index in [0.717, 1.165) is 24.5 Å². The van der Waals surface area contributed by atoms with E-state index < -0.39 is 37.3 Å². The Balaban J connectivity index is 1.72. The van der Waals surface area contributed by atoms with E-state index in [-0.39, 0.29) is 26.8 Å². The predicted octanol–water partition coefficient (Wildman–Crippen LogP) is 3.73. The number of hydrogen-bond acceptors (Lipinski definition) is 6. The van der Waals surface area contributed by atoms with Crippen molar-refractivity contribution in [3.8, 4) is 11.3 Å². The van der Waals surface area contributed by atoms with E-state index in [1.807, 2.05) is 0 Å². The van der Waals surface area contributed by atoms with Crippen molar-refractivity contribution in [2.24, 2.45) is 4.40 Å². The minimum atomic E-state index is -4.66. The molecule has 1 aliphatic rings. The summed E-state index contributed by atoms with van der Waals surface area (Å²) in [5, 5.41) is 2.81. The third kappa shape index (κ3) is 4.10. The quantitative estimate of drug-likeness (QED) is 0.611. The zero-order valence-corrected chi connectivity index (χ0v) is 17.9. The van der Waals surface area contributed by atoms with Gasteiger partial charge in [-0.2, -0.15) is 21.6 Å². The Morgan fingerprint density at radius 2 is 1.69 bits per heavy atom. The van der Waals surface area contributed by atoms with Crippen LogP contribution in [0.25, 0.3) is 11.3 Å². The summed E-state index contributed by atoms with van der Waals surface area (Å²) in [6.45, 7) is 0. The number of sulfone groups is 1. The van der Waals surface area contributed by atoms with Crippen LogP contribution in [0.1, 0.15) is 11.1 Å². The Labute approximate surface area is 181 Å². The third-order valence-corrected chi connectivity index (χ3v) is 7.10. The van der Waals surface area contributed by atoms with Crippen molar-refractivity contribution in [2.45, 2.75) is 16.0 Å². The average Bonchev–Trinajstić information content (AvgIpc) is 2.96. The van der Waals surface area contributed by atoms with Crippen LogP contribution in [0, 0.1) is 0 Å². The average molecular weight is 481 g/mol. The lowest BCUT2D eigenvalue weighted by Crippen LogP contribution is -2.12. The van der Waals surface area contributed by atoms with Gasteiger partial charge in [0, 0.05) is 29.3 Å². The molecule has 0 atom stereocenters. The molecule has 2 heterocycles. The molecule has 0 spiro atoms. The highest BCUT2D eigenvalue weighted by atomic mass is 32.2. The van der Waals surface area contributed by atoms with Crippen LogP contribution >= 0.6 is 0 Å². The van der Waals surface area contributed by atoms with Gasteiger partial charge in [0.25, 0.3) is 10.0 Å². The molecule has 4 rings (SSSR count). The number of benzene rings is 2. The number of pyridine rings is 1. The van der Waals surface area contributed by atoms with Crippen molar-refractivity contribution in [1.82, 2.24) is 4.98 Å². The number of hydrogen-bond donors (Lipinski definition) is 1. The summed E-state index contributed by atoms with van der Waals surface area (Å²) in [6, 6.07) is 11.4. The Bertz CT molecular complexity index is 1460. The number of nitrogens with one attached hydrogen (secondary N) is 1. The highest BCUT2D eigenvalue weighted by Gasteiger charge is 2.35. The van der Waals surface area contributed by atoms with Crippen molar-refractivity contribution in [3.05, 3.63) is 71.9 Å². The molecule has 0 aliphatic carbocycles. The number of amidine groups is 1. The topological polar surface area (TPSA) is 106 Å². The molecule has 0 unspecified atom stereocenters. The van der Waals surface area contributed by atoms with E-state index in [0.29, 0.717) is 5.69 Å². The second kappa shape index (κ2) is 7.41. The van der Waals surface area contributed by atoms with Crippen LogP contribution in [0.3, 0.4) is 0 Å². The molecule has 3 aromatic rings. The van der Waals surface area contributed by atoms with Gasteiger partial charge in [-0.25, -0.2) is 8.42 Å². The van der Waals surface area contributed by atoms with Gasteiger partial charge in [0.2, 0.25) is 0 Å². The molecule has 32 heavy (non-hydrogen) atoms. The lowest BCUT2D eigenvalue weighted by molar-refractivity contribution is -0.137. The maximum Gasteiger partial charge on any atom is 0.418 e. The number of halogens is 3. The molecule has 2 aromatic carbocycles. The molecule has 166 valence electrons. The van der Waals surface area contributed by atoms with Crippen LogP contribution in [0.15, 0.2) is 75.0 Å². The van der Waals surface area contributed by atoms with Gasteiger partial charge in [-0.05, 0) is 48.5 Å². The number of anilines is 1. The van der Waals surface area contributed by atoms with Crippen LogP contribution in [0.4, 0.5) is 18.9 Å². The van der Waals surface area contributed by atoms with Gasteiger partial charge in [-0.3, -0.25) is 4.98 Å². The SMILES string of the molecule is CS(=O)(=O)c1ccc(NC2=NS(=O)(=O)c3cc(-c4ncccc4C(F)(F)F)ccc32)cc1. The highest BCUT2D eigenvalue weighted by Crippen LogP contribution is 2.38. The molecule has 0 radical (unpaired) electrons. The molecule has 1 N–H and O–H groups in total. The van der Waals surface area contributed by atoms with Crippen molar-refractivity contribution < 1.29 is 30.0 Å². The first-order valence-corrected chi connectivity index (χ1v) is 12.3. The zero-order valence-electron chi connectivity index (χ0n) is 16.3. The molecule has 1 aromatic heterocycles. The standard InChI is InChI=1S/C20H14F3N3O4S2/c1-31(27,28)14-7-5-13(6-8-14)25-19-15-9-4-12(11-17(15)32(29,30)26-19)18-16(20(21,22)23)3-2-10-24-18/h2-11H,1H3,(H,25,26). The van der Waals surface area contributed by atoms with Crippen LogP contribution < -0.4 is 5.32 Å². The summed E-state index contributed by atoms with van der Waals surface area (Å²) in [7, 11) is -7.56. The molecule has 0 saturated heterocycles. The van der Waals surface area contributed by atoms with Gasteiger partial charge < -0.3 is 5.32 Å². The Hall–Kier alpha value is -3.25. The maximum atomic E-state index is 13.3. The van der Waals surface area contributed by atoms with Crippen molar-refractivity contribution in [1.29, 1.82) is 0 Å². The van der Waals surface area contributed by atoms with Gasteiger partial charge >= 0.3 is 6.18 Å². The number of aromatic nitrogens is 1. The van der Waals surface area contributed by atoms with Gasteiger partial charge in [-0.15, -0.1) is 4.40 Å². The van der Waals surface area contributed by atoms with Crippen LogP contribution in [0.2, 0.25) is 0 Å². The number of fused-ring (bicyclic) bond motifs is 1. The molecule has 1 aliphatic heterocycles. The summed E-state index contributed by atoms with van der Waals surface area (Å²) < 4.78 is 91.9. The number of sulfonamides is 1. The van der Waals surface area contributed by atoms with Crippen LogP contribution in [-0.2, 0) is 26.0 Å². The van der Waals surface area contributed by atoms with E-state index in [9.17, 15) is 30.0 Å². The second-order valence-corrected chi connectivity index (χ2v) is 10.5. The zero-order chi connectivity index (χ0) is 23.3. The van der Waals surface area contributed by atoms with Crippen LogP contribution in [-0.4, -0.2) is 33.9 Å². The largest absolute Gasteiger partial charge is 0.418 e. The third-order valence-electron chi connectivity index (χ3n) is 4.66. The molecule has 0 saturated carbocycles. The van der Waals surface area contributed by atoms with E-state index in [2.05, 4.69) is 14.7 Å². The molecule has 7 nitrogen and oxygen atoms in total. The van der Waals surface area contributed by atoms with Crippen molar-refractivity contribution >= 4 is 31.4 Å². The number of alkyl halides is 3. The first kappa shape index (κ1) is 22.0. The molecule has 12 heteroatoms. The monoisotopic (exact) mass is 481 g/mol. The lowest BCUT2D eigenvalue weighted by atomic mass is 10.0. The Morgan fingerprint density at radius 1 is 1.00 bits per heavy atom. The van der Waals surface area contributed by atoms with Crippen molar-refractivity contribution in [2.75, 3.05) is 11.6 Å². The Morgan fingerprint density at radius 3 is 2.31 bits per heavy atom. The van der Waals surface area contributed by atoms with Crippen LogP contribution in [0.5, 0.6) is 0 Å². The highest BCUT2D eigenvalue weighted by molar-refractivity contribution is 7.91. The summed E-state index contributed by atoms with van der Waals surface area (Å²) in [5.74, 6) is -0.0317. The lowest BCUT2D eigenvalue weighted by Gasteiger charge is -2.12. The number of nitrogens with zero attached hydrogens (tertiary/aromatic N) is 2. The molecule has 0 amide bonds. The van der Waals surface area contributed by atoms with E-state index in [1.54, 1.807) is 0 Å². The second-order valence-electron chi connectivity index (χ2n) is 6.94. The molecular weight excluding hydrogens is 467 g/mol. The van der Waals surface area contributed by atoms with E-state index in [4.69, 9.17) is 0 Å². The minimum absolute atomic E-state index is 0.0193. The fraction of sp³-hybridized carbons (Fsp3) is 0.100. The van der Waals surface area contributed by atoms with Gasteiger partial charge in [0.05, 0.1) is 16.2 Å². The maximum absolute atomic E-state index is 13.3. The predicted molar refractivity (Wildman–Crippen MR) is 112 cm³/mol. The fourth-order valence-corrected chi connectivity index (χ4v) is 5.01. The van der Waals surface area contributed by atoms with Gasteiger partial charge in [0.1, 0.15) is 4.90 Å². The minimum Gasteiger partial charge on any atom is -0.339 e.